The molecular weight excluding hydrogens is 385 g/mol. The minimum Gasteiger partial charge on any atom is -0.419 e. The predicted molar refractivity (Wildman–Crippen MR) is 104 cm³/mol. The predicted octanol–water partition coefficient (Wildman–Crippen LogP) is 4.91. The summed E-state index contributed by atoms with van der Waals surface area (Å²) in [4.78, 5) is 8.85. The molecular formula is C19H15Cl2N5O. The van der Waals surface area contributed by atoms with Gasteiger partial charge in [-0.25, -0.2) is 4.98 Å². The molecule has 3 aromatic heterocycles. The van der Waals surface area contributed by atoms with E-state index in [1.54, 1.807) is 30.6 Å². The highest BCUT2D eigenvalue weighted by Gasteiger charge is 2.15. The molecule has 0 bridgehead atoms. The first kappa shape index (κ1) is 17.7. The van der Waals surface area contributed by atoms with Gasteiger partial charge in [0.05, 0.1) is 10.6 Å². The number of nitrogens with zero attached hydrogens (tertiary/aromatic N) is 5. The van der Waals surface area contributed by atoms with Crippen LogP contribution in [0.2, 0.25) is 10.0 Å². The van der Waals surface area contributed by atoms with Gasteiger partial charge in [0.15, 0.2) is 5.82 Å². The maximum atomic E-state index is 6.21. The van der Waals surface area contributed by atoms with Crippen LogP contribution in [0.3, 0.4) is 0 Å². The van der Waals surface area contributed by atoms with Crippen molar-refractivity contribution < 1.29 is 4.42 Å². The summed E-state index contributed by atoms with van der Waals surface area (Å²) in [6.45, 7) is 2.49. The molecule has 0 aliphatic carbocycles. The molecule has 4 aromatic rings. The van der Waals surface area contributed by atoms with Crippen molar-refractivity contribution in [3.05, 3.63) is 70.4 Å². The average Bonchev–Trinajstić information content (AvgIpc) is 3.32. The molecule has 0 N–H and O–H groups in total. The van der Waals surface area contributed by atoms with Crippen molar-refractivity contribution in [2.45, 2.75) is 19.9 Å². The van der Waals surface area contributed by atoms with E-state index in [2.05, 4.69) is 27.1 Å². The molecule has 27 heavy (non-hydrogen) atoms. The van der Waals surface area contributed by atoms with Gasteiger partial charge in [-0.1, -0.05) is 30.1 Å². The van der Waals surface area contributed by atoms with Gasteiger partial charge in [0.1, 0.15) is 12.2 Å². The maximum Gasteiger partial charge on any atom is 0.249 e. The van der Waals surface area contributed by atoms with Crippen LogP contribution in [0.15, 0.2) is 53.3 Å². The smallest absolute Gasteiger partial charge is 0.249 e. The maximum absolute atomic E-state index is 6.21. The molecule has 0 fully saturated rings. The fourth-order valence-corrected chi connectivity index (χ4v) is 3.21. The Balaban J connectivity index is 1.61. The number of rotatable bonds is 5. The zero-order chi connectivity index (χ0) is 18.8. The quantitative estimate of drug-likeness (QED) is 0.476. The summed E-state index contributed by atoms with van der Waals surface area (Å²) >= 11 is 12.1. The second-order valence-electron chi connectivity index (χ2n) is 5.91. The lowest BCUT2D eigenvalue weighted by Crippen LogP contribution is -2.02. The van der Waals surface area contributed by atoms with Gasteiger partial charge < -0.3 is 8.98 Å². The van der Waals surface area contributed by atoms with Gasteiger partial charge in [-0.15, -0.1) is 10.2 Å². The molecule has 0 aliphatic rings. The Bertz CT molecular complexity index is 1090. The monoisotopic (exact) mass is 399 g/mol. The van der Waals surface area contributed by atoms with Gasteiger partial charge in [-0.2, -0.15) is 0 Å². The molecule has 0 saturated carbocycles. The third-order valence-corrected chi connectivity index (χ3v) is 4.66. The zero-order valence-corrected chi connectivity index (χ0v) is 15.9. The Morgan fingerprint density at radius 1 is 1.04 bits per heavy atom. The van der Waals surface area contributed by atoms with E-state index >= 15 is 0 Å². The molecule has 1 aromatic carbocycles. The molecule has 136 valence electrons. The van der Waals surface area contributed by atoms with Crippen LogP contribution in [0, 0.1) is 0 Å². The van der Waals surface area contributed by atoms with Gasteiger partial charge in [0.2, 0.25) is 11.8 Å². The van der Waals surface area contributed by atoms with Crippen molar-refractivity contribution in [1.82, 2.24) is 24.7 Å². The summed E-state index contributed by atoms with van der Waals surface area (Å²) < 4.78 is 7.70. The normalized spacial score (nSPS) is 11.1. The highest BCUT2D eigenvalue weighted by Crippen LogP contribution is 2.29. The lowest BCUT2D eigenvalue weighted by Gasteiger charge is -2.06. The first-order chi connectivity index (χ1) is 13.1. The number of hydrogen-bond donors (Lipinski definition) is 0. The standard InChI is InChI=1S/C19H15Cl2N5O/c1-2-12-5-6-22-16(9-12)18-23-7-8-26(18)11-17-24-25-19(27-17)14-4-3-13(20)10-15(14)21/h3-10H,2,11H2,1H3. The molecule has 4 rings (SSSR count). The van der Waals surface area contributed by atoms with Crippen molar-refractivity contribution in [3.63, 3.8) is 0 Å². The summed E-state index contributed by atoms with van der Waals surface area (Å²) in [5.41, 5.74) is 2.65. The third-order valence-electron chi connectivity index (χ3n) is 4.11. The number of pyridine rings is 1. The van der Waals surface area contributed by atoms with E-state index in [0.717, 1.165) is 17.9 Å². The van der Waals surface area contributed by atoms with Crippen molar-refractivity contribution in [1.29, 1.82) is 0 Å². The second-order valence-corrected chi connectivity index (χ2v) is 6.75. The van der Waals surface area contributed by atoms with Crippen LogP contribution in [-0.4, -0.2) is 24.7 Å². The largest absolute Gasteiger partial charge is 0.419 e. The summed E-state index contributed by atoms with van der Waals surface area (Å²) in [5.74, 6) is 1.54. The molecule has 6 nitrogen and oxygen atoms in total. The lowest BCUT2D eigenvalue weighted by molar-refractivity contribution is 0.489. The Morgan fingerprint density at radius 2 is 1.93 bits per heavy atom. The first-order valence-electron chi connectivity index (χ1n) is 8.38. The van der Waals surface area contributed by atoms with Crippen LogP contribution in [0.5, 0.6) is 0 Å². The van der Waals surface area contributed by atoms with Gasteiger partial charge in [0.25, 0.3) is 0 Å². The molecule has 0 atom stereocenters. The van der Waals surface area contributed by atoms with Gasteiger partial charge in [-0.05, 0) is 42.3 Å². The van der Waals surface area contributed by atoms with Gasteiger partial charge in [0, 0.05) is 23.6 Å². The molecule has 0 saturated heterocycles. The highest BCUT2D eigenvalue weighted by atomic mass is 35.5. The van der Waals surface area contributed by atoms with E-state index in [1.807, 2.05) is 22.9 Å². The molecule has 3 heterocycles. The Hall–Kier alpha value is -2.70. The molecule has 8 heteroatoms. The minimum atomic E-state index is 0.347. The Kier molecular flexibility index (Phi) is 4.92. The van der Waals surface area contributed by atoms with Crippen LogP contribution in [0.4, 0.5) is 0 Å². The number of aryl methyl sites for hydroxylation is 1. The van der Waals surface area contributed by atoms with Crippen LogP contribution in [0.25, 0.3) is 23.0 Å². The van der Waals surface area contributed by atoms with Crippen molar-refractivity contribution >= 4 is 23.2 Å². The lowest BCUT2D eigenvalue weighted by atomic mass is 10.2. The molecule has 0 amide bonds. The zero-order valence-electron chi connectivity index (χ0n) is 14.4. The average molecular weight is 400 g/mol. The molecule has 0 spiro atoms. The molecule has 0 unspecified atom stereocenters. The van der Waals surface area contributed by atoms with Crippen molar-refractivity contribution in [2.24, 2.45) is 0 Å². The number of benzene rings is 1. The first-order valence-corrected chi connectivity index (χ1v) is 9.14. The number of hydrogen-bond acceptors (Lipinski definition) is 5. The van der Waals surface area contributed by atoms with Crippen LogP contribution >= 0.6 is 23.2 Å². The minimum absolute atomic E-state index is 0.347. The van der Waals surface area contributed by atoms with Crippen LogP contribution < -0.4 is 0 Å². The fraction of sp³-hybridized carbons (Fsp3) is 0.158. The van der Waals surface area contributed by atoms with E-state index in [-0.39, 0.29) is 0 Å². The summed E-state index contributed by atoms with van der Waals surface area (Å²) in [6, 6.07) is 9.16. The second kappa shape index (κ2) is 7.50. The molecule has 0 radical (unpaired) electrons. The molecule has 0 aliphatic heterocycles. The van der Waals surface area contributed by atoms with E-state index in [9.17, 15) is 0 Å². The number of aromatic nitrogens is 5. The number of imidazole rings is 1. The van der Waals surface area contributed by atoms with Crippen LogP contribution in [0.1, 0.15) is 18.4 Å². The topological polar surface area (TPSA) is 69.6 Å². The van der Waals surface area contributed by atoms with E-state index in [0.29, 0.717) is 33.9 Å². The number of halogens is 2. The third kappa shape index (κ3) is 3.72. The van der Waals surface area contributed by atoms with Crippen molar-refractivity contribution in [3.8, 4) is 23.0 Å². The van der Waals surface area contributed by atoms with E-state index < -0.39 is 0 Å². The van der Waals surface area contributed by atoms with E-state index in [4.69, 9.17) is 27.6 Å². The highest BCUT2D eigenvalue weighted by molar-refractivity contribution is 6.36. The Morgan fingerprint density at radius 3 is 2.74 bits per heavy atom. The summed E-state index contributed by atoms with van der Waals surface area (Å²) in [6.07, 6.45) is 6.31. The van der Waals surface area contributed by atoms with Crippen LogP contribution in [-0.2, 0) is 13.0 Å². The summed E-state index contributed by atoms with van der Waals surface area (Å²) in [7, 11) is 0. The summed E-state index contributed by atoms with van der Waals surface area (Å²) in [5, 5.41) is 9.23. The Labute approximate surface area is 165 Å². The van der Waals surface area contributed by atoms with Gasteiger partial charge >= 0.3 is 0 Å². The van der Waals surface area contributed by atoms with Crippen molar-refractivity contribution in [2.75, 3.05) is 0 Å². The SMILES string of the molecule is CCc1ccnc(-c2nccn2Cc2nnc(-c3ccc(Cl)cc3Cl)o2)c1. The van der Waals surface area contributed by atoms with Gasteiger partial charge in [-0.3, -0.25) is 4.98 Å². The van der Waals surface area contributed by atoms with E-state index in [1.165, 1.54) is 5.56 Å². The fourth-order valence-electron chi connectivity index (χ4n) is 2.72.